The van der Waals surface area contributed by atoms with Gasteiger partial charge < -0.3 is 9.84 Å². The summed E-state index contributed by atoms with van der Waals surface area (Å²) in [6, 6.07) is 0. The van der Waals surface area contributed by atoms with Gasteiger partial charge in [0, 0.05) is 13.5 Å². The van der Waals surface area contributed by atoms with Gasteiger partial charge in [0.15, 0.2) is 0 Å². The highest BCUT2D eigenvalue weighted by Crippen LogP contribution is 2.00. The first kappa shape index (κ1) is 8.66. The Kier molecular flexibility index (Phi) is 4.36. The monoisotopic (exact) mass is 130 g/mol. The van der Waals surface area contributed by atoms with Gasteiger partial charge in [-0.1, -0.05) is 6.08 Å². The summed E-state index contributed by atoms with van der Waals surface area (Å²) < 4.78 is 4.91. The lowest BCUT2D eigenvalue weighted by atomic mass is 10.2. The molecule has 0 aliphatic rings. The summed E-state index contributed by atoms with van der Waals surface area (Å²) in [5, 5.41) is 8.96. The first-order valence-corrected chi connectivity index (χ1v) is 3.04. The zero-order chi connectivity index (χ0) is 7.28. The van der Waals surface area contributed by atoms with E-state index in [0.29, 0.717) is 6.42 Å². The molecule has 0 amide bonds. The number of aliphatic hydroxyl groups is 1. The van der Waals surface area contributed by atoms with E-state index in [-0.39, 0.29) is 6.10 Å². The molecule has 0 aromatic heterocycles. The zero-order valence-electron chi connectivity index (χ0n) is 6.00. The van der Waals surface area contributed by atoms with Gasteiger partial charge in [-0.25, -0.2) is 0 Å². The SMILES string of the molecule is C=CC(O)CC(C)OC. The fourth-order valence-corrected chi connectivity index (χ4v) is 0.533. The van der Waals surface area contributed by atoms with E-state index in [1.165, 1.54) is 6.08 Å². The second-order valence-corrected chi connectivity index (χ2v) is 2.09. The fourth-order valence-electron chi connectivity index (χ4n) is 0.533. The van der Waals surface area contributed by atoms with E-state index >= 15 is 0 Å². The third kappa shape index (κ3) is 4.18. The van der Waals surface area contributed by atoms with E-state index in [2.05, 4.69) is 6.58 Å². The highest BCUT2D eigenvalue weighted by atomic mass is 16.5. The van der Waals surface area contributed by atoms with Crippen LogP contribution in [0.2, 0.25) is 0 Å². The Labute approximate surface area is 56.1 Å². The van der Waals surface area contributed by atoms with Crippen LogP contribution < -0.4 is 0 Å². The molecular weight excluding hydrogens is 116 g/mol. The molecule has 2 heteroatoms. The summed E-state index contributed by atoms with van der Waals surface area (Å²) in [6.45, 7) is 5.35. The lowest BCUT2D eigenvalue weighted by Crippen LogP contribution is -2.14. The molecule has 2 nitrogen and oxygen atoms in total. The predicted octanol–water partition coefficient (Wildman–Crippen LogP) is 0.958. The summed E-state index contributed by atoms with van der Waals surface area (Å²) in [7, 11) is 1.63. The molecular formula is C7H14O2. The van der Waals surface area contributed by atoms with E-state index in [4.69, 9.17) is 9.84 Å². The molecule has 0 aromatic carbocycles. The van der Waals surface area contributed by atoms with Crippen molar-refractivity contribution < 1.29 is 9.84 Å². The Balaban J connectivity index is 3.33. The number of hydrogen-bond donors (Lipinski definition) is 1. The molecule has 0 heterocycles. The highest BCUT2D eigenvalue weighted by Gasteiger charge is 2.04. The molecule has 9 heavy (non-hydrogen) atoms. The molecule has 0 saturated heterocycles. The Morgan fingerprint density at radius 2 is 2.33 bits per heavy atom. The van der Waals surface area contributed by atoms with Crippen molar-refractivity contribution in [3.63, 3.8) is 0 Å². The molecule has 0 rings (SSSR count). The van der Waals surface area contributed by atoms with Crippen LogP contribution in [0.1, 0.15) is 13.3 Å². The van der Waals surface area contributed by atoms with Crippen LogP contribution in [0.5, 0.6) is 0 Å². The van der Waals surface area contributed by atoms with Crippen molar-refractivity contribution in [2.24, 2.45) is 0 Å². The Bertz CT molecular complexity index is 81.0. The third-order valence-corrected chi connectivity index (χ3v) is 1.25. The maximum absolute atomic E-state index is 8.96. The third-order valence-electron chi connectivity index (χ3n) is 1.25. The first-order valence-electron chi connectivity index (χ1n) is 3.04. The second kappa shape index (κ2) is 4.53. The number of aliphatic hydroxyl groups excluding tert-OH is 1. The summed E-state index contributed by atoms with van der Waals surface area (Å²) in [5.74, 6) is 0. The zero-order valence-corrected chi connectivity index (χ0v) is 6.00. The van der Waals surface area contributed by atoms with Gasteiger partial charge in [0.2, 0.25) is 0 Å². The van der Waals surface area contributed by atoms with Crippen LogP contribution in [0.25, 0.3) is 0 Å². The van der Waals surface area contributed by atoms with Crippen LogP contribution in [0, 0.1) is 0 Å². The van der Waals surface area contributed by atoms with Crippen LogP contribution in [0.4, 0.5) is 0 Å². The van der Waals surface area contributed by atoms with E-state index in [1.54, 1.807) is 7.11 Å². The Morgan fingerprint density at radius 1 is 1.78 bits per heavy atom. The molecule has 0 bridgehead atoms. The van der Waals surface area contributed by atoms with Crippen molar-refractivity contribution in [3.05, 3.63) is 12.7 Å². The van der Waals surface area contributed by atoms with Crippen molar-refractivity contribution in [1.82, 2.24) is 0 Å². The Hall–Kier alpha value is -0.340. The van der Waals surface area contributed by atoms with E-state index < -0.39 is 6.10 Å². The largest absolute Gasteiger partial charge is 0.389 e. The van der Waals surface area contributed by atoms with E-state index in [9.17, 15) is 0 Å². The molecule has 0 aliphatic carbocycles. The van der Waals surface area contributed by atoms with Gasteiger partial charge in [-0.2, -0.15) is 0 Å². The van der Waals surface area contributed by atoms with Crippen molar-refractivity contribution in [2.45, 2.75) is 25.6 Å². The molecule has 0 aliphatic heterocycles. The topological polar surface area (TPSA) is 29.5 Å². The van der Waals surface area contributed by atoms with Crippen LogP contribution in [0.15, 0.2) is 12.7 Å². The minimum absolute atomic E-state index is 0.109. The number of methoxy groups -OCH3 is 1. The molecule has 54 valence electrons. The average Bonchev–Trinajstić information content (AvgIpc) is 1.87. The maximum atomic E-state index is 8.96. The second-order valence-electron chi connectivity index (χ2n) is 2.09. The standard InChI is InChI=1S/C7H14O2/c1-4-7(8)5-6(2)9-3/h4,6-8H,1,5H2,2-3H3. The summed E-state index contributed by atoms with van der Waals surface area (Å²) in [6.07, 6.45) is 1.81. The molecule has 2 unspecified atom stereocenters. The predicted molar refractivity (Wildman–Crippen MR) is 37.3 cm³/mol. The number of hydrogen-bond acceptors (Lipinski definition) is 2. The minimum atomic E-state index is -0.431. The highest BCUT2D eigenvalue weighted by molar-refractivity contribution is 4.79. The van der Waals surface area contributed by atoms with Crippen molar-refractivity contribution in [3.8, 4) is 0 Å². The quantitative estimate of drug-likeness (QED) is 0.574. The smallest absolute Gasteiger partial charge is 0.0742 e. The van der Waals surface area contributed by atoms with Gasteiger partial charge in [-0.3, -0.25) is 0 Å². The van der Waals surface area contributed by atoms with Gasteiger partial charge in [0.25, 0.3) is 0 Å². The van der Waals surface area contributed by atoms with Gasteiger partial charge in [0.1, 0.15) is 0 Å². The lowest BCUT2D eigenvalue weighted by molar-refractivity contribution is 0.0727. The normalized spacial score (nSPS) is 16.8. The Morgan fingerprint density at radius 3 is 2.67 bits per heavy atom. The van der Waals surface area contributed by atoms with Crippen molar-refractivity contribution >= 4 is 0 Å². The maximum Gasteiger partial charge on any atom is 0.0742 e. The van der Waals surface area contributed by atoms with Crippen LogP contribution >= 0.6 is 0 Å². The van der Waals surface area contributed by atoms with Gasteiger partial charge in [-0.05, 0) is 6.92 Å². The van der Waals surface area contributed by atoms with Crippen molar-refractivity contribution in [2.75, 3.05) is 7.11 Å². The number of rotatable bonds is 4. The average molecular weight is 130 g/mol. The lowest BCUT2D eigenvalue weighted by Gasteiger charge is -2.10. The molecule has 2 atom stereocenters. The molecule has 0 saturated carbocycles. The first-order chi connectivity index (χ1) is 4.20. The number of ether oxygens (including phenoxy) is 1. The molecule has 0 radical (unpaired) electrons. The summed E-state index contributed by atoms with van der Waals surface area (Å²) in [5.41, 5.74) is 0. The van der Waals surface area contributed by atoms with Gasteiger partial charge in [0.05, 0.1) is 12.2 Å². The molecule has 0 spiro atoms. The van der Waals surface area contributed by atoms with Gasteiger partial charge in [-0.15, -0.1) is 6.58 Å². The van der Waals surface area contributed by atoms with Crippen molar-refractivity contribution in [1.29, 1.82) is 0 Å². The van der Waals surface area contributed by atoms with Crippen LogP contribution in [-0.4, -0.2) is 24.4 Å². The van der Waals surface area contributed by atoms with Crippen LogP contribution in [-0.2, 0) is 4.74 Å². The molecule has 0 aromatic rings. The molecule has 0 fully saturated rings. The summed E-state index contributed by atoms with van der Waals surface area (Å²) in [4.78, 5) is 0. The minimum Gasteiger partial charge on any atom is -0.389 e. The van der Waals surface area contributed by atoms with Gasteiger partial charge >= 0.3 is 0 Å². The van der Waals surface area contributed by atoms with E-state index in [1.807, 2.05) is 6.92 Å². The fraction of sp³-hybridized carbons (Fsp3) is 0.714. The van der Waals surface area contributed by atoms with E-state index in [0.717, 1.165) is 0 Å². The van der Waals surface area contributed by atoms with Crippen LogP contribution in [0.3, 0.4) is 0 Å². The molecule has 1 N–H and O–H groups in total. The summed E-state index contributed by atoms with van der Waals surface area (Å²) >= 11 is 0.